The Balaban J connectivity index is 1.76. The number of hydrogen-bond acceptors (Lipinski definition) is 3. The third-order valence-electron chi connectivity index (χ3n) is 3.58. The lowest BCUT2D eigenvalue weighted by atomic mass is 10.0. The molecule has 1 amide bonds. The summed E-state index contributed by atoms with van der Waals surface area (Å²) in [4.78, 5) is 11.4. The van der Waals surface area contributed by atoms with E-state index in [1.54, 1.807) is 12.3 Å². The Morgan fingerprint density at radius 2 is 2.29 bits per heavy atom. The average Bonchev–Trinajstić information content (AvgIpc) is 2.93. The van der Waals surface area contributed by atoms with E-state index in [2.05, 4.69) is 15.7 Å². The van der Waals surface area contributed by atoms with Crippen molar-refractivity contribution in [3.8, 4) is 0 Å². The zero-order valence-corrected chi connectivity index (χ0v) is 11.8. The van der Waals surface area contributed by atoms with Crippen LogP contribution in [0, 0.1) is 5.82 Å². The SMILES string of the molecule is CCn1cc(CNc2cc3c(cc2F)CCC(=O)N3)cn1. The molecule has 6 heteroatoms. The van der Waals surface area contributed by atoms with Gasteiger partial charge in [0.2, 0.25) is 5.91 Å². The van der Waals surface area contributed by atoms with Crippen LogP contribution < -0.4 is 10.6 Å². The van der Waals surface area contributed by atoms with Crippen molar-refractivity contribution in [1.29, 1.82) is 0 Å². The minimum atomic E-state index is -0.298. The average molecular weight is 288 g/mol. The van der Waals surface area contributed by atoms with Crippen molar-refractivity contribution in [3.63, 3.8) is 0 Å². The molecule has 1 aliphatic rings. The maximum atomic E-state index is 14.1. The second-order valence-corrected chi connectivity index (χ2v) is 5.10. The molecule has 1 aromatic heterocycles. The Bertz CT molecular complexity index is 680. The monoisotopic (exact) mass is 288 g/mol. The second kappa shape index (κ2) is 5.55. The molecule has 1 aromatic carbocycles. The molecule has 0 bridgehead atoms. The number of aromatic nitrogens is 2. The van der Waals surface area contributed by atoms with E-state index >= 15 is 0 Å². The van der Waals surface area contributed by atoms with E-state index in [1.165, 1.54) is 6.07 Å². The highest BCUT2D eigenvalue weighted by Crippen LogP contribution is 2.28. The van der Waals surface area contributed by atoms with E-state index in [0.29, 0.717) is 30.8 Å². The number of fused-ring (bicyclic) bond motifs is 1. The van der Waals surface area contributed by atoms with Crippen LogP contribution in [0.2, 0.25) is 0 Å². The molecular formula is C15H17FN4O. The van der Waals surface area contributed by atoms with Crippen LogP contribution in [0.3, 0.4) is 0 Å². The molecule has 2 N–H and O–H groups in total. The molecule has 110 valence electrons. The molecule has 0 atom stereocenters. The van der Waals surface area contributed by atoms with Gasteiger partial charge < -0.3 is 10.6 Å². The normalized spacial score (nSPS) is 13.7. The summed E-state index contributed by atoms with van der Waals surface area (Å²) in [6, 6.07) is 3.15. The molecule has 3 rings (SSSR count). The second-order valence-electron chi connectivity index (χ2n) is 5.10. The molecule has 0 saturated carbocycles. The summed E-state index contributed by atoms with van der Waals surface area (Å²) in [7, 11) is 0. The van der Waals surface area contributed by atoms with E-state index < -0.39 is 0 Å². The Morgan fingerprint density at radius 1 is 1.43 bits per heavy atom. The summed E-state index contributed by atoms with van der Waals surface area (Å²) in [6.07, 6.45) is 4.68. The van der Waals surface area contributed by atoms with Gasteiger partial charge in [0.15, 0.2) is 0 Å². The van der Waals surface area contributed by atoms with Crippen molar-refractivity contribution in [2.75, 3.05) is 10.6 Å². The molecule has 5 nitrogen and oxygen atoms in total. The molecule has 1 aliphatic heterocycles. The number of benzene rings is 1. The maximum Gasteiger partial charge on any atom is 0.224 e. The van der Waals surface area contributed by atoms with Crippen molar-refractivity contribution in [1.82, 2.24) is 9.78 Å². The largest absolute Gasteiger partial charge is 0.378 e. The van der Waals surface area contributed by atoms with Crippen LogP contribution >= 0.6 is 0 Å². The molecule has 0 radical (unpaired) electrons. The first-order valence-electron chi connectivity index (χ1n) is 7.03. The number of nitrogens with one attached hydrogen (secondary N) is 2. The molecular weight excluding hydrogens is 271 g/mol. The summed E-state index contributed by atoms with van der Waals surface area (Å²) < 4.78 is 15.9. The van der Waals surface area contributed by atoms with E-state index in [4.69, 9.17) is 0 Å². The summed E-state index contributed by atoms with van der Waals surface area (Å²) in [5.74, 6) is -0.322. The lowest BCUT2D eigenvalue weighted by Crippen LogP contribution is -2.19. The van der Waals surface area contributed by atoms with Crippen molar-refractivity contribution >= 4 is 17.3 Å². The maximum absolute atomic E-state index is 14.1. The van der Waals surface area contributed by atoms with Gasteiger partial charge in [-0.15, -0.1) is 0 Å². The highest BCUT2D eigenvalue weighted by molar-refractivity contribution is 5.94. The number of carbonyl (C=O) groups excluding carboxylic acids is 1. The molecule has 2 heterocycles. The molecule has 0 aliphatic carbocycles. The summed E-state index contributed by atoms with van der Waals surface area (Å²) in [5, 5.41) is 10.0. The van der Waals surface area contributed by atoms with Crippen LogP contribution in [0.1, 0.15) is 24.5 Å². The van der Waals surface area contributed by atoms with Gasteiger partial charge in [-0.3, -0.25) is 9.48 Å². The molecule has 21 heavy (non-hydrogen) atoms. The van der Waals surface area contributed by atoms with Crippen molar-refractivity contribution in [3.05, 3.63) is 41.5 Å². The van der Waals surface area contributed by atoms with Gasteiger partial charge in [-0.2, -0.15) is 5.10 Å². The fourth-order valence-corrected chi connectivity index (χ4v) is 2.40. The molecule has 2 aromatic rings. The first-order valence-corrected chi connectivity index (χ1v) is 7.03. The topological polar surface area (TPSA) is 59.0 Å². The number of nitrogens with zero attached hydrogens (tertiary/aromatic N) is 2. The summed E-state index contributed by atoms with van der Waals surface area (Å²) in [5.41, 5.74) is 2.91. The number of amides is 1. The van der Waals surface area contributed by atoms with Gasteiger partial charge in [0, 0.05) is 37.0 Å². The van der Waals surface area contributed by atoms with Gasteiger partial charge in [0.25, 0.3) is 0 Å². The van der Waals surface area contributed by atoms with Gasteiger partial charge in [-0.1, -0.05) is 0 Å². The molecule has 0 fully saturated rings. The Kier molecular flexibility index (Phi) is 3.60. The zero-order valence-electron chi connectivity index (χ0n) is 11.8. The Hall–Kier alpha value is -2.37. The number of aryl methyl sites for hydroxylation is 2. The Morgan fingerprint density at radius 3 is 3.05 bits per heavy atom. The van der Waals surface area contributed by atoms with E-state index in [9.17, 15) is 9.18 Å². The van der Waals surface area contributed by atoms with Crippen LogP contribution in [-0.4, -0.2) is 15.7 Å². The minimum absolute atomic E-state index is 0.0238. The van der Waals surface area contributed by atoms with Crippen LogP contribution in [0.5, 0.6) is 0 Å². The first kappa shape index (κ1) is 13.6. The van der Waals surface area contributed by atoms with Gasteiger partial charge in [0.1, 0.15) is 5.82 Å². The predicted molar refractivity (Wildman–Crippen MR) is 78.6 cm³/mol. The number of hydrogen-bond donors (Lipinski definition) is 2. The Labute approximate surface area is 122 Å². The molecule has 0 spiro atoms. The number of carbonyl (C=O) groups is 1. The number of rotatable bonds is 4. The first-order chi connectivity index (χ1) is 10.2. The van der Waals surface area contributed by atoms with Crippen LogP contribution in [0.4, 0.5) is 15.8 Å². The number of halogens is 1. The molecule has 0 unspecified atom stereocenters. The zero-order chi connectivity index (χ0) is 14.8. The summed E-state index contributed by atoms with van der Waals surface area (Å²) >= 11 is 0. The van der Waals surface area contributed by atoms with Gasteiger partial charge in [-0.05, 0) is 31.0 Å². The standard InChI is InChI=1S/C15H17FN4O/c1-2-20-9-10(8-18-20)7-17-14-6-13-11(5-12(14)16)3-4-15(21)19-13/h5-6,8-9,17H,2-4,7H2,1H3,(H,19,21). The quantitative estimate of drug-likeness (QED) is 0.909. The third-order valence-corrected chi connectivity index (χ3v) is 3.58. The van der Waals surface area contributed by atoms with E-state index in [-0.39, 0.29) is 11.7 Å². The van der Waals surface area contributed by atoms with Crippen molar-refractivity contribution in [2.24, 2.45) is 0 Å². The van der Waals surface area contributed by atoms with Crippen LogP contribution in [0.25, 0.3) is 0 Å². The van der Waals surface area contributed by atoms with E-state index in [0.717, 1.165) is 17.7 Å². The highest BCUT2D eigenvalue weighted by Gasteiger charge is 2.17. The fourth-order valence-electron chi connectivity index (χ4n) is 2.40. The van der Waals surface area contributed by atoms with Crippen molar-refractivity contribution in [2.45, 2.75) is 32.9 Å². The smallest absolute Gasteiger partial charge is 0.224 e. The van der Waals surface area contributed by atoms with E-state index in [1.807, 2.05) is 17.8 Å². The summed E-state index contributed by atoms with van der Waals surface area (Å²) in [6.45, 7) is 3.30. The number of anilines is 2. The van der Waals surface area contributed by atoms with Crippen LogP contribution in [0.15, 0.2) is 24.5 Å². The molecule has 0 saturated heterocycles. The lowest BCUT2D eigenvalue weighted by molar-refractivity contribution is -0.116. The third kappa shape index (κ3) is 2.89. The minimum Gasteiger partial charge on any atom is -0.378 e. The van der Waals surface area contributed by atoms with Gasteiger partial charge in [-0.25, -0.2) is 4.39 Å². The van der Waals surface area contributed by atoms with Gasteiger partial charge >= 0.3 is 0 Å². The predicted octanol–water partition coefficient (Wildman–Crippen LogP) is 2.54. The highest BCUT2D eigenvalue weighted by atomic mass is 19.1. The van der Waals surface area contributed by atoms with Crippen LogP contribution in [-0.2, 0) is 24.3 Å². The van der Waals surface area contributed by atoms with Crippen molar-refractivity contribution < 1.29 is 9.18 Å². The lowest BCUT2D eigenvalue weighted by Gasteiger charge is -2.18. The fraction of sp³-hybridized carbons (Fsp3) is 0.333. The van der Waals surface area contributed by atoms with Gasteiger partial charge in [0.05, 0.1) is 11.9 Å².